The molecule has 35 heavy (non-hydrogen) atoms. The molecular formula is C28H17ClN4O2. The molecular weight excluding hydrogens is 460 g/mol. The number of hydrogen-bond donors (Lipinski definition) is 0. The lowest BCUT2D eigenvalue weighted by Gasteiger charge is -2.32. The van der Waals surface area contributed by atoms with Crippen molar-refractivity contribution in [3.05, 3.63) is 135 Å². The van der Waals surface area contributed by atoms with Gasteiger partial charge in [0.25, 0.3) is 11.3 Å². The summed E-state index contributed by atoms with van der Waals surface area (Å²) in [5, 5.41) is 7.78. The van der Waals surface area contributed by atoms with Gasteiger partial charge in [0.05, 0.1) is 27.8 Å². The van der Waals surface area contributed by atoms with Crippen LogP contribution in [0.5, 0.6) is 0 Å². The Balaban J connectivity index is 1.59. The van der Waals surface area contributed by atoms with E-state index in [9.17, 15) is 4.79 Å². The molecule has 1 aromatic heterocycles. The largest absolute Gasteiger partial charge is 0.435 e. The van der Waals surface area contributed by atoms with Gasteiger partial charge in [-0.1, -0.05) is 60.1 Å². The molecule has 0 N–H and O–H groups in total. The summed E-state index contributed by atoms with van der Waals surface area (Å²) in [4.78, 5) is 18.8. The minimum absolute atomic E-state index is 0.171. The summed E-state index contributed by atoms with van der Waals surface area (Å²) < 4.78 is 8.39. The van der Waals surface area contributed by atoms with Crippen LogP contribution in [-0.2, 0) is 10.5 Å². The minimum Gasteiger partial charge on any atom is -0.435 e. The molecule has 0 saturated carbocycles. The maximum atomic E-state index is 13.8. The Morgan fingerprint density at radius 1 is 0.829 bits per heavy atom. The molecule has 0 amide bonds. The van der Waals surface area contributed by atoms with E-state index in [0.29, 0.717) is 38.9 Å². The van der Waals surface area contributed by atoms with Crippen LogP contribution in [0.2, 0.25) is 5.02 Å². The van der Waals surface area contributed by atoms with Gasteiger partial charge >= 0.3 is 0 Å². The zero-order valence-electron chi connectivity index (χ0n) is 18.3. The number of hydrogen-bond acceptors (Lipinski definition) is 5. The zero-order valence-corrected chi connectivity index (χ0v) is 19.1. The predicted octanol–water partition coefficient (Wildman–Crippen LogP) is 5.45. The van der Waals surface area contributed by atoms with E-state index >= 15 is 0 Å². The van der Waals surface area contributed by atoms with Crippen LogP contribution in [0.25, 0.3) is 16.6 Å². The SMILES string of the molecule is O=c1c2ccccc2nc2n1-c1ccc(Cl)cc1C21OC(c2ccccc2)=NN1c1ccccc1. The lowest BCUT2D eigenvalue weighted by molar-refractivity contribution is 0.116. The molecule has 168 valence electrons. The summed E-state index contributed by atoms with van der Waals surface area (Å²) in [6.07, 6.45) is 0. The van der Waals surface area contributed by atoms with Crippen LogP contribution in [0.3, 0.4) is 0 Å². The van der Waals surface area contributed by atoms with E-state index in [2.05, 4.69) is 0 Å². The molecule has 0 saturated heterocycles. The van der Waals surface area contributed by atoms with Crippen LogP contribution in [0.4, 0.5) is 5.69 Å². The van der Waals surface area contributed by atoms with E-state index in [1.165, 1.54) is 0 Å². The first-order valence-electron chi connectivity index (χ1n) is 11.2. The fourth-order valence-electron chi connectivity index (χ4n) is 4.86. The Kier molecular flexibility index (Phi) is 4.16. The summed E-state index contributed by atoms with van der Waals surface area (Å²) in [6.45, 7) is 0. The fourth-order valence-corrected chi connectivity index (χ4v) is 5.03. The third kappa shape index (κ3) is 2.74. The van der Waals surface area contributed by atoms with Crippen molar-refractivity contribution < 1.29 is 4.74 Å². The molecule has 4 aromatic carbocycles. The number of fused-ring (bicyclic) bond motifs is 6. The normalized spacial score (nSPS) is 17.9. The van der Waals surface area contributed by atoms with Crippen LogP contribution in [0.15, 0.2) is 113 Å². The Morgan fingerprint density at radius 3 is 2.34 bits per heavy atom. The second-order valence-corrected chi connectivity index (χ2v) is 8.86. The molecule has 7 rings (SSSR count). The molecule has 3 heterocycles. The van der Waals surface area contributed by atoms with Gasteiger partial charge in [0.1, 0.15) is 0 Å². The molecule has 6 nitrogen and oxygen atoms in total. The first kappa shape index (κ1) is 20.0. The number of benzene rings is 4. The number of nitrogens with zero attached hydrogens (tertiary/aromatic N) is 4. The lowest BCUT2D eigenvalue weighted by atomic mass is 10.0. The Morgan fingerprint density at radius 2 is 1.54 bits per heavy atom. The van der Waals surface area contributed by atoms with Crippen LogP contribution < -0.4 is 10.6 Å². The van der Waals surface area contributed by atoms with Gasteiger partial charge in [-0.15, -0.1) is 5.10 Å². The molecule has 1 spiro atoms. The third-order valence-electron chi connectivity index (χ3n) is 6.40. The standard InChI is InChI=1S/C28H17ClN4O2/c29-19-15-16-24-22(17-19)28(27-30-23-14-8-7-13-21(23)26(34)32(24)27)33(20-11-5-2-6-12-20)31-25(35-28)18-9-3-1-4-10-18/h1-17H. The van der Waals surface area contributed by atoms with Crippen LogP contribution in [0, 0.1) is 0 Å². The number of rotatable bonds is 2. The zero-order chi connectivity index (χ0) is 23.6. The van der Waals surface area contributed by atoms with Crippen molar-refractivity contribution in [1.29, 1.82) is 0 Å². The van der Waals surface area contributed by atoms with Crippen molar-refractivity contribution in [2.75, 3.05) is 5.01 Å². The lowest BCUT2D eigenvalue weighted by Crippen LogP contribution is -2.43. The van der Waals surface area contributed by atoms with Crippen molar-refractivity contribution in [1.82, 2.24) is 9.55 Å². The highest BCUT2D eigenvalue weighted by molar-refractivity contribution is 6.30. The van der Waals surface area contributed by atoms with Crippen LogP contribution in [-0.4, -0.2) is 15.4 Å². The highest BCUT2D eigenvalue weighted by atomic mass is 35.5. The summed E-state index contributed by atoms with van der Waals surface area (Å²) >= 11 is 6.50. The number of hydrazone groups is 1. The molecule has 1 unspecified atom stereocenters. The topological polar surface area (TPSA) is 59.7 Å². The van der Waals surface area contributed by atoms with Gasteiger partial charge in [-0.25, -0.2) is 9.99 Å². The quantitative estimate of drug-likeness (QED) is 0.340. The summed E-state index contributed by atoms with van der Waals surface area (Å²) in [5.74, 6) is 0.855. The highest BCUT2D eigenvalue weighted by Gasteiger charge is 2.58. The first-order chi connectivity index (χ1) is 17.2. The Bertz CT molecular complexity index is 1720. The van der Waals surface area contributed by atoms with Crippen molar-refractivity contribution in [3.63, 3.8) is 0 Å². The number of ether oxygens (including phenoxy) is 1. The monoisotopic (exact) mass is 476 g/mol. The number of aromatic nitrogens is 2. The van der Waals surface area contributed by atoms with Gasteiger partial charge in [-0.05, 0) is 54.6 Å². The fraction of sp³-hybridized carbons (Fsp3) is 0.0357. The average Bonchev–Trinajstić information content (AvgIpc) is 3.43. The molecule has 0 bridgehead atoms. The minimum atomic E-state index is -1.32. The van der Waals surface area contributed by atoms with E-state index in [-0.39, 0.29) is 5.56 Å². The number of para-hydroxylation sites is 2. The van der Waals surface area contributed by atoms with Gasteiger partial charge in [0.2, 0.25) is 5.90 Å². The summed E-state index contributed by atoms with van der Waals surface area (Å²) in [5.41, 5.74) is 2.07. The highest BCUT2D eigenvalue weighted by Crippen LogP contribution is 2.50. The van der Waals surface area contributed by atoms with E-state index < -0.39 is 5.72 Å². The molecule has 1 atom stereocenters. The molecule has 0 fully saturated rings. The van der Waals surface area contributed by atoms with E-state index in [0.717, 1.165) is 11.3 Å². The molecule has 2 aliphatic heterocycles. The summed E-state index contributed by atoms with van der Waals surface area (Å²) in [7, 11) is 0. The number of halogens is 1. The van der Waals surface area contributed by atoms with Gasteiger partial charge < -0.3 is 4.74 Å². The van der Waals surface area contributed by atoms with Crippen LogP contribution in [0.1, 0.15) is 17.0 Å². The number of anilines is 1. The predicted molar refractivity (Wildman–Crippen MR) is 136 cm³/mol. The average molecular weight is 477 g/mol. The van der Waals surface area contributed by atoms with Crippen molar-refractivity contribution in [3.8, 4) is 5.69 Å². The van der Waals surface area contributed by atoms with Crippen LogP contribution >= 0.6 is 11.6 Å². The third-order valence-corrected chi connectivity index (χ3v) is 6.63. The van der Waals surface area contributed by atoms with Gasteiger partial charge in [0, 0.05) is 10.6 Å². The second kappa shape index (κ2) is 7.29. The maximum absolute atomic E-state index is 13.8. The second-order valence-electron chi connectivity index (χ2n) is 8.42. The molecule has 7 heteroatoms. The molecule has 2 aliphatic rings. The first-order valence-corrected chi connectivity index (χ1v) is 11.6. The maximum Gasteiger partial charge on any atom is 0.291 e. The summed E-state index contributed by atoms with van der Waals surface area (Å²) in [6, 6.07) is 32.2. The van der Waals surface area contributed by atoms with Gasteiger partial charge in [-0.3, -0.25) is 9.36 Å². The Labute approximate surface area is 205 Å². The Hall–Kier alpha value is -4.42. The van der Waals surface area contributed by atoms with E-state index in [1.807, 2.05) is 91.0 Å². The molecule has 0 radical (unpaired) electrons. The van der Waals surface area contributed by atoms with Crippen molar-refractivity contribution in [2.24, 2.45) is 5.10 Å². The molecule has 0 aliphatic carbocycles. The van der Waals surface area contributed by atoms with Crippen molar-refractivity contribution >= 4 is 34.1 Å². The van der Waals surface area contributed by atoms with E-state index in [1.54, 1.807) is 21.7 Å². The van der Waals surface area contributed by atoms with Gasteiger partial charge in [-0.2, -0.15) is 0 Å². The van der Waals surface area contributed by atoms with Crippen molar-refractivity contribution in [2.45, 2.75) is 5.72 Å². The molecule has 5 aromatic rings. The van der Waals surface area contributed by atoms with Gasteiger partial charge in [0.15, 0.2) is 5.82 Å². The smallest absolute Gasteiger partial charge is 0.291 e. The van der Waals surface area contributed by atoms with E-state index in [4.69, 9.17) is 26.4 Å².